The van der Waals surface area contributed by atoms with Crippen LogP contribution in [0.2, 0.25) is 0 Å². The Morgan fingerprint density at radius 2 is 1.78 bits per heavy atom. The van der Waals surface area contributed by atoms with Crippen molar-refractivity contribution in [1.82, 2.24) is 5.32 Å². The second kappa shape index (κ2) is 7.82. The van der Waals surface area contributed by atoms with E-state index in [0.29, 0.717) is 17.2 Å². The van der Waals surface area contributed by atoms with Crippen molar-refractivity contribution in [3.63, 3.8) is 0 Å². The molecule has 1 atom stereocenters. The third-order valence-electron chi connectivity index (χ3n) is 2.56. The molecule has 1 aromatic carbocycles. The van der Waals surface area contributed by atoms with Gasteiger partial charge >= 0.3 is 0 Å². The molecule has 102 valence electrons. The van der Waals surface area contributed by atoms with Gasteiger partial charge in [-0.3, -0.25) is 0 Å². The highest BCUT2D eigenvalue weighted by Crippen LogP contribution is 2.37. The lowest BCUT2D eigenvalue weighted by molar-refractivity contribution is 0.198. The normalized spacial score (nSPS) is 12.0. The van der Waals surface area contributed by atoms with Crippen molar-refractivity contribution >= 4 is 0 Å². The van der Waals surface area contributed by atoms with Gasteiger partial charge in [0.25, 0.3) is 0 Å². The van der Waals surface area contributed by atoms with Crippen molar-refractivity contribution in [2.24, 2.45) is 0 Å². The monoisotopic (exact) mass is 253 g/mol. The maximum absolute atomic E-state index is 5.89. The number of para-hydroxylation sites is 1. The van der Waals surface area contributed by atoms with Crippen molar-refractivity contribution in [2.75, 3.05) is 27.3 Å². The van der Waals surface area contributed by atoms with Crippen LogP contribution in [0.15, 0.2) is 18.2 Å². The predicted octanol–water partition coefficient (Wildman–Crippen LogP) is 2.47. The Morgan fingerprint density at radius 3 is 2.28 bits per heavy atom. The molecule has 0 bridgehead atoms. The van der Waals surface area contributed by atoms with E-state index in [2.05, 4.69) is 12.2 Å². The second-order valence-corrected chi connectivity index (χ2v) is 4.12. The molecule has 0 saturated heterocycles. The molecule has 1 N–H and O–H groups in total. The van der Waals surface area contributed by atoms with Crippen LogP contribution in [0, 0.1) is 0 Å². The largest absolute Gasteiger partial charge is 0.493 e. The highest BCUT2D eigenvalue weighted by molar-refractivity contribution is 5.51. The highest BCUT2D eigenvalue weighted by Gasteiger charge is 2.14. The summed E-state index contributed by atoms with van der Waals surface area (Å²) in [5, 5.41) is 3.32. The van der Waals surface area contributed by atoms with E-state index in [1.807, 2.05) is 25.1 Å². The second-order valence-electron chi connectivity index (χ2n) is 4.12. The molecule has 1 aromatic rings. The summed E-state index contributed by atoms with van der Waals surface area (Å²) in [4.78, 5) is 0. The van der Waals surface area contributed by atoms with E-state index in [-0.39, 0.29) is 6.10 Å². The molecule has 0 aliphatic rings. The van der Waals surface area contributed by atoms with Gasteiger partial charge in [0.1, 0.15) is 6.10 Å². The van der Waals surface area contributed by atoms with E-state index in [1.165, 1.54) is 0 Å². The number of hydrogen-bond donors (Lipinski definition) is 1. The average molecular weight is 253 g/mol. The summed E-state index contributed by atoms with van der Waals surface area (Å²) in [5.41, 5.74) is 0. The van der Waals surface area contributed by atoms with Gasteiger partial charge < -0.3 is 19.5 Å². The van der Waals surface area contributed by atoms with Gasteiger partial charge in [0.15, 0.2) is 11.5 Å². The third-order valence-corrected chi connectivity index (χ3v) is 2.56. The number of hydrogen-bond acceptors (Lipinski definition) is 4. The summed E-state index contributed by atoms with van der Waals surface area (Å²) in [6, 6.07) is 5.61. The predicted molar refractivity (Wildman–Crippen MR) is 72.8 cm³/mol. The molecule has 0 aliphatic heterocycles. The van der Waals surface area contributed by atoms with Crippen LogP contribution in [0.5, 0.6) is 17.2 Å². The van der Waals surface area contributed by atoms with Crippen molar-refractivity contribution in [3.8, 4) is 17.2 Å². The molecular weight excluding hydrogens is 230 g/mol. The first-order chi connectivity index (χ1) is 8.72. The van der Waals surface area contributed by atoms with Crippen LogP contribution < -0.4 is 19.5 Å². The van der Waals surface area contributed by atoms with Crippen LogP contribution in [-0.4, -0.2) is 33.4 Å². The first-order valence-corrected chi connectivity index (χ1v) is 6.31. The smallest absolute Gasteiger partial charge is 0.203 e. The topological polar surface area (TPSA) is 39.7 Å². The van der Waals surface area contributed by atoms with Crippen molar-refractivity contribution in [2.45, 2.75) is 26.4 Å². The molecule has 0 aliphatic carbocycles. The van der Waals surface area contributed by atoms with Crippen LogP contribution in [0.1, 0.15) is 20.3 Å². The van der Waals surface area contributed by atoms with Gasteiger partial charge in [-0.1, -0.05) is 13.0 Å². The molecule has 0 aromatic heterocycles. The minimum atomic E-state index is 0.0572. The van der Waals surface area contributed by atoms with Gasteiger partial charge in [-0.2, -0.15) is 0 Å². The van der Waals surface area contributed by atoms with Crippen LogP contribution >= 0.6 is 0 Å². The van der Waals surface area contributed by atoms with Crippen molar-refractivity contribution < 1.29 is 14.2 Å². The van der Waals surface area contributed by atoms with E-state index >= 15 is 0 Å². The number of benzene rings is 1. The van der Waals surface area contributed by atoms with Gasteiger partial charge in [-0.15, -0.1) is 0 Å². The maximum atomic E-state index is 5.89. The quantitative estimate of drug-likeness (QED) is 0.722. The molecule has 4 heteroatoms. The molecular formula is C14H23NO3. The van der Waals surface area contributed by atoms with E-state index in [4.69, 9.17) is 14.2 Å². The van der Waals surface area contributed by atoms with Crippen LogP contribution in [0.25, 0.3) is 0 Å². The number of nitrogens with one attached hydrogen (secondary N) is 1. The Kier molecular flexibility index (Phi) is 6.36. The van der Waals surface area contributed by atoms with Gasteiger partial charge in [0, 0.05) is 6.54 Å². The summed E-state index contributed by atoms with van der Waals surface area (Å²) in [7, 11) is 3.25. The molecule has 0 saturated carbocycles. The van der Waals surface area contributed by atoms with Crippen LogP contribution in [0.4, 0.5) is 0 Å². The van der Waals surface area contributed by atoms with E-state index in [1.54, 1.807) is 14.2 Å². The molecule has 0 radical (unpaired) electrons. The lowest BCUT2D eigenvalue weighted by Crippen LogP contribution is -2.29. The fraction of sp³-hybridized carbons (Fsp3) is 0.571. The van der Waals surface area contributed by atoms with E-state index in [0.717, 1.165) is 19.5 Å². The summed E-state index contributed by atoms with van der Waals surface area (Å²) in [5.74, 6) is 2.04. The first-order valence-electron chi connectivity index (χ1n) is 6.31. The molecule has 0 amide bonds. The van der Waals surface area contributed by atoms with Gasteiger partial charge in [-0.25, -0.2) is 0 Å². The molecule has 4 nitrogen and oxygen atoms in total. The fourth-order valence-corrected chi connectivity index (χ4v) is 1.66. The fourth-order valence-electron chi connectivity index (χ4n) is 1.66. The maximum Gasteiger partial charge on any atom is 0.203 e. The van der Waals surface area contributed by atoms with E-state index < -0.39 is 0 Å². The van der Waals surface area contributed by atoms with Gasteiger partial charge in [0.05, 0.1) is 14.2 Å². The number of methoxy groups -OCH3 is 2. The van der Waals surface area contributed by atoms with Crippen molar-refractivity contribution in [1.29, 1.82) is 0 Å². The Balaban J connectivity index is 2.69. The standard InChI is InChI=1S/C14H23NO3/c1-5-9-15-10-11(2)18-14-12(16-3)7-6-8-13(14)17-4/h6-8,11,15H,5,9-10H2,1-4H3. The first kappa shape index (κ1) is 14.6. The molecule has 1 rings (SSSR count). The summed E-state index contributed by atoms with van der Waals surface area (Å²) >= 11 is 0. The number of ether oxygens (including phenoxy) is 3. The summed E-state index contributed by atoms with van der Waals surface area (Å²) < 4.78 is 16.5. The SMILES string of the molecule is CCCNCC(C)Oc1c(OC)cccc1OC. The van der Waals surface area contributed by atoms with Crippen LogP contribution in [0.3, 0.4) is 0 Å². The highest BCUT2D eigenvalue weighted by atomic mass is 16.5. The minimum absolute atomic E-state index is 0.0572. The van der Waals surface area contributed by atoms with Crippen LogP contribution in [-0.2, 0) is 0 Å². The lowest BCUT2D eigenvalue weighted by Gasteiger charge is -2.19. The zero-order chi connectivity index (χ0) is 13.4. The van der Waals surface area contributed by atoms with Gasteiger partial charge in [0.2, 0.25) is 5.75 Å². The molecule has 18 heavy (non-hydrogen) atoms. The third kappa shape index (κ3) is 4.11. The van der Waals surface area contributed by atoms with Gasteiger partial charge in [-0.05, 0) is 32.0 Å². The average Bonchev–Trinajstić information content (AvgIpc) is 2.39. The van der Waals surface area contributed by atoms with E-state index in [9.17, 15) is 0 Å². The Hall–Kier alpha value is -1.42. The minimum Gasteiger partial charge on any atom is -0.493 e. The molecule has 0 heterocycles. The summed E-state index contributed by atoms with van der Waals surface area (Å²) in [6.07, 6.45) is 1.17. The lowest BCUT2D eigenvalue weighted by atomic mass is 10.3. The zero-order valence-corrected chi connectivity index (χ0v) is 11.7. The number of rotatable bonds is 8. The Bertz CT molecular complexity index is 333. The molecule has 1 unspecified atom stereocenters. The Morgan fingerprint density at radius 1 is 1.17 bits per heavy atom. The molecule has 0 fully saturated rings. The van der Waals surface area contributed by atoms with Crippen molar-refractivity contribution in [3.05, 3.63) is 18.2 Å². The molecule has 0 spiro atoms. The zero-order valence-electron chi connectivity index (χ0n) is 11.7. The summed E-state index contributed by atoms with van der Waals surface area (Å²) in [6.45, 7) is 5.96. The Labute approximate surface area is 109 Å².